The molecule has 2 N–H and O–H groups in total. The predicted molar refractivity (Wildman–Crippen MR) is 137 cm³/mol. The van der Waals surface area contributed by atoms with Crippen LogP contribution in [0.4, 0.5) is 5.69 Å². The summed E-state index contributed by atoms with van der Waals surface area (Å²) in [4.78, 5) is 0. The van der Waals surface area contributed by atoms with Gasteiger partial charge in [-0.15, -0.1) is 0 Å². The zero-order chi connectivity index (χ0) is 24.5. The van der Waals surface area contributed by atoms with Crippen LogP contribution in [0.15, 0.2) is 30.3 Å². The number of fused-ring (bicyclic) bond motifs is 3. The summed E-state index contributed by atoms with van der Waals surface area (Å²) in [5.41, 5.74) is 10.4. The Morgan fingerprint density at radius 3 is 2.24 bits per heavy atom. The maximum atomic E-state index is 6.68. The fraction of sp³-hybridized carbons (Fsp3) is 0.571. The van der Waals surface area contributed by atoms with Crippen LogP contribution in [0, 0.1) is 0 Å². The Labute approximate surface area is 204 Å². The summed E-state index contributed by atoms with van der Waals surface area (Å²) >= 11 is 0. The number of hydrogen-bond donors (Lipinski definition) is 1. The lowest BCUT2D eigenvalue weighted by Gasteiger charge is -2.62. The molecule has 34 heavy (non-hydrogen) atoms. The van der Waals surface area contributed by atoms with Crippen LogP contribution in [0.3, 0.4) is 0 Å². The maximum Gasteiger partial charge on any atom is 0.166 e. The minimum absolute atomic E-state index is 0.155. The van der Waals surface area contributed by atoms with Gasteiger partial charge in [0.1, 0.15) is 11.2 Å². The van der Waals surface area contributed by atoms with Crippen molar-refractivity contribution < 1.29 is 18.9 Å². The normalized spacial score (nSPS) is 28.0. The molecule has 186 valence electrons. The summed E-state index contributed by atoms with van der Waals surface area (Å²) in [6, 6.07) is 11.5. The molecule has 0 spiro atoms. The van der Waals surface area contributed by atoms with Crippen molar-refractivity contribution in [2.75, 3.05) is 35.0 Å². The van der Waals surface area contributed by atoms with Crippen LogP contribution in [0.2, 0.25) is 0 Å². The molecule has 3 unspecified atom stereocenters. The van der Waals surface area contributed by atoms with E-state index < -0.39 is 0 Å². The lowest BCUT2D eigenvalue weighted by molar-refractivity contribution is -0.000106. The Kier molecular flexibility index (Phi) is 7.02. The number of quaternary nitrogens is 1. The van der Waals surface area contributed by atoms with Crippen LogP contribution in [0.1, 0.15) is 57.1 Å². The third-order valence-corrected chi connectivity index (χ3v) is 8.38. The van der Waals surface area contributed by atoms with Gasteiger partial charge in [-0.1, -0.05) is 13.3 Å². The number of rotatable bonds is 8. The van der Waals surface area contributed by atoms with Crippen molar-refractivity contribution >= 4 is 5.69 Å². The standard InChI is InChI=1S/C28H41N2O4/c1-7-8-9-21-14-19-15-25(32-4)27(34-6)17-23(19)28(2)18-20(29)12-13-30(21,28)22-10-11-24(31-3)26(16-22)33-5/h10-11,15-17,20-21H,7-9,12-14,18,29H2,1-6H3/q+1/t20?,21-,28?,30?/m1/s1. The first-order valence-corrected chi connectivity index (χ1v) is 12.5. The fourth-order valence-corrected chi connectivity index (χ4v) is 6.76. The molecule has 2 aliphatic rings. The molecule has 0 aliphatic carbocycles. The molecule has 2 aromatic carbocycles. The number of ether oxygens (including phenoxy) is 4. The van der Waals surface area contributed by atoms with Crippen LogP contribution in [-0.2, 0) is 12.0 Å². The van der Waals surface area contributed by atoms with Gasteiger partial charge in [-0.25, -0.2) is 0 Å². The quantitative estimate of drug-likeness (QED) is 0.540. The van der Waals surface area contributed by atoms with E-state index in [4.69, 9.17) is 24.7 Å². The number of methoxy groups -OCH3 is 4. The largest absolute Gasteiger partial charge is 0.493 e. The minimum atomic E-state index is -0.206. The average molecular weight is 470 g/mol. The summed E-state index contributed by atoms with van der Waals surface area (Å²) in [5, 5.41) is 0. The molecule has 0 bridgehead atoms. The van der Waals surface area contributed by atoms with E-state index >= 15 is 0 Å². The molecule has 4 rings (SSSR count). The molecule has 0 radical (unpaired) electrons. The molecule has 0 aromatic heterocycles. The molecule has 4 atom stereocenters. The molecule has 6 heteroatoms. The van der Waals surface area contributed by atoms with Crippen molar-refractivity contribution in [2.45, 2.75) is 70.0 Å². The lowest BCUT2D eigenvalue weighted by atomic mass is 9.68. The van der Waals surface area contributed by atoms with Gasteiger partial charge in [0.25, 0.3) is 0 Å². The Morgan fingerprint density at radius 1 is 0.941 bits per heavy atom. The Balaban J connectivity index is 2.00. The fourth-order valence-electron chi connectivity index (χ4n) is 6.76. The van der Waals surface area contributed by atoms with E-state index in [1.165, 1.54) is 29.7 Å². The van der Waals surface area contributed by atoms with Crippen LogP contribution in [0.5, 0.6) is 23.0 Å². The van der Waals surface area contributed by atoms with E-state index in [1.807, 2.05) is 0 Å². The summed E-state index contributed by atoms with van der Waals surface area (Å²) in [7, 11) is 6.82. The summed E-state index contributed by atoms with van der Waals surface area (Å²) in [5.74, 6) is 3.11. The van der Waals surface area contributed by atoms with Crippen LogP contribution in [-0.4, -0.2) is 47.1 Å². The Hall–Kier alpha value is -2.44. The van der Waals surface area contributed by atoms with Gasteiger partial charge >= 0.3 is 0 Å². The molecule has 2 aliphatic heterocycles. The van der Waals surface area contributed by atoms with Crippen molar-refractivity contribution in [3.8, 4) is 23.0 Å². The smallest absolute Gasteiger partial charge is 0.166 e. The molecule has 2 heterocycles. The van der Waals surface area contributed by atoms with Crippen LogP contribution >= 0.6 is 0 Å². The van der Waals surface area contributed by atoms with Gasteiger partial charge in [0, 0.05) is 49.4 Å². The van der Waals surface area contributed by atoms with E-state index in [0.717, 1.165) is 59.7 Å². The second-order valence-electron chi connectivity index (χ2n) is 10.0. The highest BCUT2D eigenvalue weighted by Crippen LogP contribution is 2.56. The lowest BCUT2D eigenvalue weighted by Crippen LogP contribution is -2.74. The number of nitrogens with two attached hydrogens (primary N) is 1. The number of hydrogen-bond acceptors (Lipinski definition) is 5. The molecule has 1 saturated heterocycles. The van der Waals surface area contributed by atoms with E-state index in [9.17, 15) is 0 Å². The van der Waals surface area contributed by atoms with E-state index in [0.29, 0.717) is 6.04 Å². The van der Waals surface area contributed by atoms with Gasteiger partial charge in [0.05, 0.1) is 41.0 Å². The molecule has 6 nitrogen and oxygen atoms in total. The second kappa shape index (κ2) is 9.67. The van der Waals surface area contributed by atoms with E-state index in [-0.39, 0.29) is 11.6 Å². The van der Waals surface area contributed by atoms with Gasteiger partial charge in [-0.3, -0.25) is 4.48 Å². The van der Waals surface area contributed by atoms with E-state index in [2.05, 4.69) is 44.2 Å². The van der Waals surface area contributed by atoms with Gasteiger partial charge in [-0.05, 0) is 37.1 Å². The van der Waals surface area contributed by atoms with Crippen molar-refractivity contribution in [1.82, 2.24) is 4.48 Å². The summed E-state index contributed by atoms with van der Waals surface area (Å²) < 4.78 is 23.6. The predicted octanol–water partition coefficient (Wildman–Crippen LogP) is 5.18. The molecule has 1 fully saturated rings. The maximum absolute atomic E-state index is 6.68. The van der Waals surface area contributed by atoms with E-state index in [1.54, 1.807) is 28.4 Å². The third kappa shape index (κ3) is 3.72. The molecule has 0 amide bonds. The van der Waals surface area contributed by atoms with Gasteiger partial charge in [-0.2, -0.15) is 0 Å². The van der Waals surface area contributed by atoms with Crippen molar-refractivity contribution in [3.05, 3.63) is 41.5 Å². The highest BCUT2D eigenvalue weighted by Gasteiger charge is 2.60. The summed E-state index contributed by atoms with van der Waals surface area (Å²) in [6.07, 6.45) is 6.43. The average Bonchev–Trinajstić information content (AvgIpc) is 2.85. The first-order valence-electron chi connectivity index (χ1n) is 12.5. The first kappa shape index (κ1) is 24.7. The number of piperidine rings is 1. The second-order valence-corrected chi connectivity index (χ2v) is 10.0. The zero-order valence-electron chi connectivity index (χ0n) is 21.6. The van der Waals surface area contributed by atoms with Crippen molar-refractivity contribution in [3.63, 3.8) is 0 Å². The van der Waals surface area contributed by atoms with Crippen LogP contribution in [0.25, 0.3) is 0 Å². The SMILES string of the molecule is CCCC[C@@H]1Cc2cc(OC)c(OC)cc2C2(C)CC(N)CC[N+]12c1ccc(OC)c(OC)c1. The molecular formula is C28H41N2O4+. The number of nitrogens with zero attached hydrogens (tertiary/aromatic N) is 1. The van der Waals surface area contributed by atoms with Gasteiger partial charge in [0.15, 0.2) is 23.0 Å². The molecule has 0 saturated carbocycles. The highest BCUT2D eigenvalue weighted by atomic mass is 16.5. The molecule has 2 aromatic rings. The minimum Gasteiger partial charge on any atom is -0.493 e. The highest BCUT2D eigenvalue weighted by molar-refractivity contribution is 5.61. The van der Waals surface area contributed by atoms with Gasteiger partial charge in [0.2, 0.25) is 0 Å². The monoisotopic (exact) mass is 469 g/mol. The van der Waals surface area contributed by atoms with Gasteiger partial charge < -0.3 is 24.7 Å². The number of unbranched alkanes of at least 4 members (excludes halogenated alkanes) is 1. The third-order valence-electron chi connectivity index (χ3n) is 8.38. The van der Waals surface area contributed by atoms with Crippen LogP contribution < -0.4 is 29.2 Å². The van der Waals surface area contributed by atoms with Crippen molar-refractivity contribution in [1.29, 1.82) is 0 Å². The Morgan fingerprint density at radius 2 is 1.59 bits per heavy atom. The van der Waals surface area contributed by atoms with Crippen molar-refractivity contribution in [2.24, 2.45) is 5.73 Å². The molecular weight excluding hydrogens is 428 g/mol. The Bertz CT molecular complexity index is 1030. The zero-order valence-corrected chi connectivity index (χ0v) is 21.6. The summed E-state index contributed by atoms with van der Waals surface area (Å²) in [6.45, 7) is 5.68. The first-order chi connectivity index (χ1) is 16.4. The number of benzene rings is 2. The topological polar surface area (TPSA) is 62.9 Å².